The number of ether oxygens (including phenoxy) is 2. The highest BCUT2D eigenvalue weighted by Gasteiger charge is 2.39. The largest absolute Gasteiger partial charge is 0.385 e. The van der Waals surface area contributed by atoms with E-state index in [9.17, 15) is 4.79 Å². The molecule has 1 aromatic carbocycles. The lowest BCUT2D eigenvalue weighted by atomic mass is 9.97. The van der Waals surface area contributed by atoms with Gasteiger partial charge in [-0.2, -0.15) is 0 Å². The molecule has 5 nitrogen and oxygen atoms in total. The summed E-state index contributed by atoms with van der Waals surface area (Å²) in [6.07, 6.45) is 5.11. The molecule has 27 heavy (non-hydrogen) atoms. The first kappa shape index (κ1) is 20.3. The molecule has 1 amide bonds. The number of hydrogen-bond acceptors (Lipinski definition) is 4. The zero-order valence-electron chi connectivity index (χ0n) is 17.0. The lowest BCUT2D eigenvalue weighted by Gasteiger charge is -2.34. The van der Waals surface area contributed by atoms with Crippen molar-refractivity contribution in [1.82, 2.24) is 10.2 Å². The molecule has 1 heterocycles. The van der Waals surface area contributed by atoms with E-state index < -0.39 is 0 Å². The van der Waals surface area contributed by atoms with Crippen molar-refractivity contribution >= 4 is 5.91 Å². The van der Waals surface area contributed by atoms with Gasteiger partial charge in [-0.3, -0.25) is 4.79 Å². The summed E-state index contributed by atoms with van der Waals surface area (Å²) in [5, 5.41) is 3.28. The Balaban J connectivity index is 1.72. The number of benzene rings is 1. The third-order valence-electron chi connectivity index (χ3n) is 5.52. The number of methoxy groups -OCH3 is 1. The van der Waals surface area contributed by atoms with Crippen LogP contribution >= 0.6 is 0 Å². The van der Waals surface area contributed by atoms with Gasteiger partial charge in [0.05, 0.1) is 12.6 Å². The van der Waals surface area contributed by atoms with Crippen molar-refractivity contribution in [2.45, 2.75) is 64.1 Å². The molecule has 5 heteroatoms. The maximum atomic E-state index is 13.2. The van der Waals surface area contributed by atoms with Crippen LogP contribution in [0.5, 0.6) is 0 Å². The number of carbonyl (C=O) groups is 1. The van der Waals surface area contributed by atoms with Crippen molar-refractivity contribution in [2.75, 3.05) is 33.4 Å². The minimum absolute atomic E-state index is 0.0770. The fraction of sp³-hybridized carbons (Fsp3) is 0.682. The Bertz CT molecular complexity index is 624. The summed E-state index contributed by atoms with van der Waals surface area (Å²) < 4.78 is 10.9. The molecule has 2 aliphatic rings. The molecule has 0 aromatic heterocycles. The normalized spacial score (nSPS) is 21.1. The van der Waals surface area contributed by atoms with E-state index in [-0.39, 0.29) is 18.1 Å². The molecule has 0 bridgehead atoms. The van der Waals surface area contributed by atoms with E-state index in [0.29, 0.717) is 19.2 Å². The summed E-state index contributed by atoms with van der Waals surface area (Å²) in [7, 11) is 1.75. The van der Waals surface area contributed by atoms with Crippen LogP contribution in [0.15, 0.2) is 18.2 Å². The van der Waals surface area contributed by atoms with Crippen LogP contribution < -0.4 is 5.32 Å². The molecular formula is C22H34N2O3. The maximum Gasteiger partial charge on any atom is 0.253 e. The first-order valence-electron chi connectivity index (χ1n) is 10.3. The molecule has 1 aliphatic heterocycles. The third kappa shape index (κ3) is 5.53. The zero-order valence-corrected chi connectivity index (χ0v) is 17.0. The van der Waals surface area contributed by atoms with Gasteiger partial charge in [-0.05, 0) is 57.1 Å². The fourth-order valence-electron chi connectivity index (χ4n) is 3.95. The van der Waals surface area contributed by atoms with E-state index in [1.807, 2.05) is 0 Å². The van der Waals surface area contributed by atoms with Crippen LogP contribution in [0.1, 0.15) is 55.3 Å². The Hall–Kier alpha value is -1.43. The predicted octanol–water partition coefficient (Wildman–Crippen LogP) is 3.00. The van der Waals surface area contributed by atoms with Gasteiger partial charge in [0, 0.05) is 32.8 Å². The van der Waals surface area contributed by atoms with Gasteiger partial charge in [0.25, 0.3) is 5.91 Å². The van der Waals surface area contributed by atoms with E-state index in [4.69, 9.17) is 9.47 Å². The lowest BCUT2D eigenvalue weighted by Crippen LogP contribution is -2.50. The van der Waals surface area contributed by atoms with Crippen molar-refractivity contribution in [3.05, 3.63) is 34.9 Å². The van der Waals surface area contributed by atoms with Crippen LogP contribution in [-0.4, -0.2) is 56.4 Å². The van der Waals surface area contributed by atoms with Gasteiger partial charge in [0.15, 0.2) is 0 Å². The number of aryl methyl sites for hydroxylation is 2. The minimum Gasteiger partial charge on any atom is -0.385 e. The predicted molar refractivity (Wildman–Crippen MR) is 107 cm³/mol. The number of morpholine rings is 1. The molecule has 2 atom stereocenters. The molecule has 1 N–H and O–H groups in total. The van der Waals surface area contributed by atoms with Gasteiger partial charge >= 0.3 is 0 Å². The average Bonchev–Trinajstić information content (AvgIpc) is 3.50. The Morgan fingerprint density at radius 2 is 2.15 bits per heavy atom. The highest BCUT2D eigenvalue weighted by Crippen LogP contribution is 2.36. The summed E-state index contributed by atoms with van der Waals surface area (Å²) in [5.74, 6) is 0.139. The number of rotatable bonds is 9. The van der Waals surface area contributed by atoms with Gasteiger partial charge < -0.3 is 19.7 Å². The molecule has 1 saturated carbocycles. The minimum atomic E-state index is -0.347. The van der Waals surface area contributed by atoms with E-state index in [2.05, 4.69) is 42.3 Å². The third-order valence-corrected chi connectivity index (χ3v) is 5.52. The highest BCUT2D eigenvalue weighted by atomic mass is 16.5. The number of nitrogens with zero attached hydrogens (tertiary/aromatic N) is 1. The lowest BCUT2D eigenvalue weighted by molar-refractivity contribution is -0.148. The Morgan fingerprint density at radius 1 is 1.33 bits per heavy atom. The van der Waals surface area contributed by atoms with Crippen molar-refractivity contribution in [3.63, 3.8) is 0 Å². The van der Waals surface area contributed by atoms with Crippen LogP contribution in [0, 0.1) is 6.92 Å². The van der Waals surface area contributed by atoms with Gasteiger partial charge in [-0.15, -0.1) is 0 Å². The van der Waals surface area contributed by atoms with Gasteiger partial charge in [0.2, 0.25) is 0 Å². The van der Waals surface area contributed by atoms with Gasteiger partial charge in [-0.1, -0.05) is 23.8 Å². The molecule has 1 aromatic rings. The molecule has 3 rings (SSSR count). The molecule has 150 valence electrons. The highest BCUT2D eigenvalue weighted by molar-refractivity contribution is 5.82. The van der Waals surface area contributed by atoms with Crippen LogP contribution in [0.2, 0.25) is 0 Å². The number of carbonyl (C=O) groups excluding carboxylic acids is 1. The fourth-order valence-corrected chi connectivity index (χ4v) is 3.95. The number of hydrogen-bond donors (Lipinski definition) is 1. The first-order chi connectivity index (χ1) is 13.1. The number of amides is 1. The van der Waals surface area contributed by atoms with Crippen LogP contribution in [0.4, 0.5) is 0 Å². The van der Waals surface area contributed by atoms with Crippen LogP contribution in [-0.2, 0) is 20.7 Å². The second-order valence-electron chi connectivity index (χ2n) is 7.92. The Morgan fingerprint density at radius 3 is 2.81 bits per heavy atom. The first-order valence-corrected chi connectivity index (χ1v) is 10.3. The Kier molecular flexibility index (Phi) is 7.27. The summed E-state index contributed by atoms with van der Waals surface area (Å²) in [6.45, 7) is 7.18. The number of unbranched alkanes of at least 4 members (excludes halogenated alkanes) is 1. The van der Waals surface area contributed by atoms with Crippen molar-refractivity contribution < 1.29 is 14.3 Å². The summed E-state index contributed by atoms with van der Waals surface area (Å²) in [6, 6.07) is 7.22. The molecule has 0 spiro atoms. The molecule has 0 unspecified atom stereocenters. The van der Waals surface area contributed by atoms with Crippen molar-refractivity contribution in [3.8, 4) is 0 Å². The monoisotopic (exact) mass is 374 g/mol. The quantitative estimate of drug-likeness (QED) is 0.675. The molecule has 2 fully saturated rings. The van der Waals surface area contributed by atoms with Crippen LogP contribution in [0.3, 0.4) is 0 Å². The maximum absolute atomic E-state index is 13.2. The van der Waals surface area contributed by atoms with Gasteiger partial charge in [0.1, 0.15) is 6.10 Å². The Labute approximate surface area is 163 Å². The van der Waals surface area contributed by atoms with E-state index >= 15 is 0 Å². The van der Waals surface area contributed by atoms with Crippen molar-refractivity contribution in [2.24, 2.45) is 0 Å². The zero-order chi connectivity index (χ0) is 19.2. The molecule has 1 aliphatic carbocycles. The average molecular weight is 375 g/mol. The second-order valence-corrected chi connectivity index (χ2v) is 7.92. The number of nitrogens with one attached hydrogen (secondary N) is 1. The van der Waals surface area contributed by atoms with E-state index in [1.165, 1.54) is 16.7 Å². The second kappa shape index (κ2) is 9.67. The molecular weight excluding hydrogens is 340 g/mol. The molecule has 1 saturated heterocycles. The van der Waals surface area contributed by atoms with E-state index in [1.54, 1.807) is 7.11 Å². The summed E-state index contributed by atoms with van der Waals surface area (Å²) in [4.78, 5) is 15.2. The molecule has 0 radical (unpaired) electrons. The van der Waals surface area contributed by atoms with Gasteiger partial charge in [-0.25, -0.2) is 0 Å². The van der Waals surface area contributed by atoms with Crippen LogP contribution in [0.25, 0.3) is 0 Å². The van der Waals surface area contributed by atoms with E-state index in [0.717, 1.165) is 45.3 Å². The smallest absolute Gasteiger partial charge is 0.253 e. The van der Waals surface area contributed by atoms with Crippen molar-refractivity contribution in [1.29, 1.82) is 0 Å². The summed E-state index contributed by atoms with van der Waals surface area (Å²) in [5.41, 5.74) is 3.85. The topological polar surface area (TPSA) is 50.8 Å². The SMILES string of the molecule is COCCCCc1cc(C)cc([C@@H](C)N(C(=O)[C@H]2CNCCO2)C2CC2)c1. The standard InChI is InChI=1S/C22H34N2O3/c1-16-12-18(6-4-5-10-26-3)14-19(13-16)17(2)24(20-7-8-20)22(25)21-15-23-9-11-27-21/h12-14,17,20-21,23H,4-11,15H2,1-3H3/t17-,21-/m1/s1. The summed E-state index contributed by atoms with van der Waals surface area (Å²) >= 11 is 0.